The maximum absolute atomic E-state index is 11.0. The van der Waals surface area contributed by atoms with Crippen LogP contribution in [0.1, 0.15) is 0 Å². The summed E-state index contributed by atoms with van der Waals surface area (Å²) in [5, 5.41) is 32.6. The first-order chi connectivity index (χ1) is 9.82. The van der Waals surface area contributed by atoms with Crippen LogP contribution in [-0.4, -0.2) is 55.6 Å². The van der Waals surface area contributed by atoms with Gasteiger partial charge in [-0.3, -0.25) is 14.9 Å². The molecule has 2 heterocycles. The quantitative estimate of drug-likeness (QED) is 0.288. The highest BCUT2D eigenvalue weighted by atomic mass is 16.6. The van der Waals surface area contributed by atoms with E-state index in [-0.39, 0.29) is 5.82 Å². The van der Waals surface area contributed by atoms with Crippen molar-refractivity contribution >= 4 is 23.2 Å². The second kappa shape index (κ2) is 5.43. The fourth-order valence-electron chi connectivity index (χ4n) is 1.84. The summed E-state index contributed by atoms with van der Waals surface area (Å²) in [6.45, 7) is 0. The van der Waals surface area contributed by atoms with E-state index in [9.17, 15) is 25.1 Å². The number of aromatic nitrogens is 2. The van der Waals surface area contributed by atoms with E-state index in [1.807, 2.05) is 0 Å². The first-order valence-corrected chi connectivity index (χ1v) is 5.65. The van der Waals surface area contributed by atoms with E-state index in [0.717, 1.165) is 6.33 Å². The van der Waals surface area contributed by atoms with Crippen molar-refractivity contribution in [3.05, 3.63) is 16.4 Å². The maximum atomic E-state index is 11.0. The Morgan fingerprint density at radius 3 is 2.62 bits per heavy atom. The summed E-state index contributed by atoms with van der Waals surface area (Å²) in [4.78, 5) is 28.2. The molecule has 2 rings (SSSR count). The molecule has 1 saturated heterocycles. The van der Waals surface area contributed by atoms with E-state index in [1.54, 1.807) is 0 Å². The molecule has 0 bridgehead atoms. The summed E-state index contributed by atoms with van der Waals surface area (Å²) >= 11 is 0. The van der Waals surface area contributed by atoms with E-state index in [4.69, 9.17) is 16.2 Å². The first kappa shape index (κ1) is 14.8. The lowest BCUT2D eigenvalue weighted by molar-refractivity contribution is -0.383. The van der Waals surface area contributed by atoms with Crippen LogP contribution >= 0.6 is 0 Å². The lowest BCUT2D eigenvalue weighted by Crippen LogP contribution is -2.40. The van der Waals surface area contributed by atoms with E-state index in [1.165, 1.54) is 0 Å². The summed E-state index contributed by atoms with van der Waals surface area (Å²) in [6, 6.07) is 0. The Morgan fingerprint density at radius 2 is 2.10 bits per heavy atom. The minimum absolute atomic E-state index is 0.325. The molecule has 12 heteroatoms. The predicted molar refractivity (Wildman–Crippen MR) is 66.6 cm³/mol. The average Bonchev–Trinajstić information content (AvgIpc) is 2.67. The van der Waals surface area contributed by atoms with Gasteiger partial charge in [-0.05, 0) is 0 Å². The number of hydrogen-bond acceptors (Lipinski definition) is 10. The normalized spacial score (nSPS) is 28.3. The molecule has 1 fully saturated rings. The minimum atomic E-state index is -1.57. The number of amides is 1. The second-order valence-electron chi connectivity index (χ2n) is 4.22. The van der Waals surface area contributed by atoms with Gasteiger partial charge in [-0.2, -0.15) is 0 Å². The highest BCUT2D eigenvalue weighted by Crippen LogP contribution is 2.29. The molecular formula is C9H12N6O6. The number of nitrogens with two attached hydrogens (primary N) is 2. The molecule has 114 valence electrons. The van der Waals surface area contributed by atoms with Crippen LogP contribution in [0.4, 0.5) is 17.3 Å². The van der Waals surface area contributed by atoms with Crippen molar-refractivity contribution in [3.8, 4) is 0 Å². The summed E-state index contributed by atoms with van der Waals surface area (Å²) in [5.74, 6) is -1.70. The summed E-state index contributed by atoms with van der Waals surface area (Å²) in [5.41, 5.74) is 9.75. The number of nitrogens with zero attached hydrogens (tertiary/aromatic N) is 3. The number of rotatable bonds is 4. The van der Waals surface area contributed by atoms with E-state index < -0.39 is 46.9 Å². The van der Waals surface area contributed by atoms with Gasteiger partial charge in [0.05, 0.1) is 4.92 Å². The monoisotopic (exact) mass is 300 g/mol. The van der Waals surface area contributed by atoms with Crippen molar-refractivity contribution in [2.75, 3.05) is 11.1 Å². The molecule has 1 aromatic heterocycles. The van der Waals surface area contributed by atoms with Gasteiger partial charge in [-0.1, -0.05) is 0 Å². The molecule has 1 aliphatic heterocycles. The Labute approximate surface area is 116 Å². The van der Waals surface area contributed by atoms with Crippen LogP contribution in [0.2, 0.25) is 0 Å². The second-order valence-corrected chi connectivity index (χ2v) is 4.22. The number of hydrogen-bond donors (Lipinski definition) is 5. The minimum Gasteiger partial charge on any atom is -0.387 e. The molecule has 0 aromatic carbocycles. The molecule has 0 aliphatic carbocycles. The highest BCUT2D eigenvalue weighted by Gasteiger charge is 2.46. The van der Waals surface area contributed by atoms with Crippen molar-refractivity contribution in [2.24, 2.45) is 5.73 Å². The van der Waals surface area contributed by atoms with Crippen LogP contribution in [0.25, 0.3) is 0 Å². The molecule has 12 nitrogen and oxygen atoms in total. The Kier molecular flexibility index (Phi) is 3.84. The Bertz CT molecular complexity index is 582. The number of aliphatic hydroxyl groups is 2. The van der Waals surface area contributed by atoms with Gasteiger partial charge in [0.15, 0.2) is 12.3 Å². The van der Waals surface area contributed by atoms with Crippen LogP contribution in [0, 0.1) is 10.1 Å². The van der Waals surface area contributed by atoms with Gasteiger partial charge in [0.25, 0.3) is 0 Å². The molecule has 0 radical (unpaired) electrons. The van der Waals surface area contributed by atoms with Gasteiger partial charge in [-0.25, -0.2) is 9.97 Å². The number of carbonyl (C=O) groups excluding carboxylic acids is 1. The molecule has 0 saturated carbocycles. The molecule has 7 N–H and O–H groups in total. The zero-order chi connectivity index (χ0) is 15.7. The number of nitrogen functional groups attached to an aromatic ring is 1. The van der Waals surface area contributed by atoms with Crippen LogP contribution in [0.15, 0.2) is 6.33 Å². The third-order valence-electron chi connectivity index (χ3n) is 2.86. The Hall–Kier alpha value is -2.57. The number of aliphatic hydroxyl groups excluding tert-OH is 2. The maximum Gasteiger partial charge on any atom is 0.353 e. The largest absolute Gasteiger partial charge is 0.387 e. The molecule has 0 unspecified atom stereocenters. The number of nitro groups is 1. The van der Waals surface area contributed by atoms with Crippen LogP contribution in [-0.2, 0) is 9.53 Å². The Morgan fingerprint density at radius 1 is 1.43 bits per heavy atom. The molecule has 21 heavy (non-hydrogen) atoms. The molecule has 1 aliphatic rings. The molecule has 4 atom stereocenters. The number of anilines is 2. The number of nitrogens with one attached hydrogen (secondary N) is 1. The fraction of sp³-hybridized carbons (Fsp3) is 0.444. The van der Waals surface area contributed by atoms with Gasteiger partial charge in [-0.15, -0.1) is 0 Å². The third-order valence-corrected chi connectivity index (χ3v) is 2.86. The molecular weight excluding hydrogens is 288 g/mol. The summed E-state index contributed by atoms with van der Waals surface area (Å²) in [7, 11) is 0. The number of ether oxygens (including phenoxy) is 1. The zero-order valence-electron chi connectivity index (χ0n) is 10.4. The van der Waals surface area contributed by atoms with E-state index in [0.29, 0.717) is 0 Å². The summed E-state index contributed by atoms with van der Waals surface area (Å²) in [6.07, 6.45) is -4.92. The third kappa shape index (κ3) is 2.67. The van der Waals surface area contributed by atoms with Gasteiger partial charge in [0, 0.05) is 0 Å². The number of carbonyl (C=O) groups is 1. The first-order valence-electron chi connectivity index (χ1n) is 5.65. The SMILES string of the molecule is NC(=O)[C@H]1O[C@@H](Nc2ncnc(N)c2[N+](=O)[O-])[C@H](O)[C@@H]1O. The Balaban J connectivity index is 2.25. The highest BCUT2D eigenvalue weighted by molar-refractivity contribution is 5.80. The average molecular weight is 300 g/mol. The van der Waals surface area contributed by atoms with Crippen molar-refractivity contribution in [1.29, 1.82) is 0 Å². The lowest BCUT2D eigenvalue weighted by Gasteiger charge is -2.16. The van der Waals surface area contributed by atoms with E-state index >= 15 is 0 Å². The van der Waals surface area contributed by atoms with Crippen LogP contribution in [0.3, 0.4) is 0 Å². The van der Waals surface area contributed by atoms with Crippen molar-refractivity contribution in [2.45, 2.75) is 24.5 Å². The van der Waals surface area contributed by atoms with Crippen molar-refractivity contribution < 1.29 is 24.7 Å². The predicted octanol–water partition coefficient (Wildman–Crippen LogP) is -2.69. The molecule has 1 amide bonds. The van der Waals surface area contributed by atoms with Gasteiger partial charge >= 0.3 is 5.69 Å². The standard InChI is InChI=1S/C9H12N6O6/c10-6-2(15(19)20)8(13-1-12-6)14-9-4(17)3(16)5(21-9)7(11)18/h1,3-5,9,16-17H,(H2,11,18)(H3,10,12,13,14)/t3-,4+,5-,9+/m0/s1. The van der Waals surface area contributed by atoms with Crippen molar-refractivity contribution in [1.82, 2.24) is 9.97 Å². The molecule has 1 aromatic rings. The molecule has 0 spiro atoms. The summed E-state index contributed by atoms with van der Waals surface area (Å²) < 4.78 is 5.02. The van der Waals surface area contributed by atoms with Gasteiger partial charge in [0.2, 0.25) is 17.5 Å². The van der Waals surface area contributed by atoms with Crippen molar-refractivity contribution in [3.63, 3.8) is 0 Å². The van der Waals surface area contributed by atoms with Crippen LogP contribution < -0.4 is 16.8 Å². The number of primary amides is 1. The van der Waals surface area contributed by atoms with Crippen LogP contribution in [0.5, 0.6) is 0 Å². The van der Waals surface area contributed by atoms with Gasteiger partial charge in [0.1, 0.15) is 18.5 Å². The van der Waals surface area contributed by atoms with E-state index in [2.05, 4.69) is 15.3 Å². The zero-order valence-corrected chi connectivity index (χ0v) is 10.4. The smallest absolute Gasteiger partial charge is 0.353 e. The topological polar surface area (TPSA) is 200 Å². The fourth-order valence-corrected chi connectivity index (χ4v) is 1.84. The van der Waals surface area contributed by atoms with Gasteiger partial charge < -0.3 is 31.7 Å². The lowest BCUT2D eigenvalue weighted by atomic mass is 10.1.